The number of benzene rings is 1. The number of nitro benzene ring substituents is 1. The molecule has 22 heavy (non-hydrogen) atoms. The topological polar surface area (TPSA) is 124 Å². The van der Waals surface area contributed by atoms with E-state index in [4.69, 9.17) is 0 Å². The van der Waals surface area contributed by atoms with Crippen molar-refractivity contribution in [3.63, 3.8) is 0 Å². The fourth-order valence-electron chi connectivity index (χ4n) is 1.67. The minimum Gasteiger partial charge on any atom is -0.258 e. The van der Waals surface area contributed by atoms with E-state index in [9.17, 15) is 20.2 Å². The molecule has 0 saturated heterocycles. The molecule has 9 nitrogen and oxygen atoms in total. The van der Waals surface area contributed by atoms with Gasteiger partial charge in [-0.25, -0.2) is 4.98 Å². The van der Waals surface area contributed by atoms with Gasteiger partial charge in [-0.15, -0.1) is 0 Å². The molecule has 0 amide bonds. The predicted octanol–water partition coefficient (Wildman–Crippen LogP) is 2.65. The maximum absolute atomic E-state index is 10.9. The molecule has 0 bridgehead atoms. The molecule has 1 heterocycles. The van der Waals surface area contributed by atoms with Gasteiger partial charge in [0.1, 0.15) is 0 Å². The van der Waals surface area contributed by atoms with Crippen LogP contribution in [0.1, 0.15) is 11.3 Å². The Morgan fingerprint density at radius 1 is 1.18 bits per heavy atom. The predicted molar refractivity (Wildman–Crippen MR) is 79.9 cm³/mol. The Labute approximate surface area is 124 Å². The average Bonchev–Trinajstić information content (AvgIpc) is 2.47. The molecule has 1 aromatic heterocycles. The molecular formula is C13H11N5O4. The van der Waals surface area contributed by atoms with E-state index in [1.807, 2.05) is 0 Å². The molecule has 0 aliphatic rings. The van der Waals surface area contributed by atoms with E-state index in [2.05, 4.69) is 15.5 Å². The van der Waals surface area contributed by atoms with Crippen molar-refractivity contribution in [3.05, 3.63) is 67.9 Å². The Balaban J connectivity index is 2.19. The summed E-state index contributed by atoms with van der Waals surface area (Å²) in [6.07, 6.45) is 1.32. The number of pyridine rings is 1. The summed E-state index contributed by atoms with van der Waals surface area (Å²) in [7, 11) is 0. The molecule has 0 saturated carbocycles. The Morgan fingerprint density at radius 2 is 1.95 bits per heavy atom. The molecular weight excluding hydrogens is 290 g/mol. The third-order valence-corrected chi connectivity index (χ3v) is 2.67. The molecule has 112 valence electrons. The van der Waals surface area contributed by atoms with Crippen LogP contribution in [0.3, 0.4) is 0 Å². The Hall–Kier alpha value is -3.36. The lowest BCUT2D eigenvalue weighted by atomic mass is 10.2. The molecule has 0 unspecified atom stereocenters. The van der Waals surface area contributed by atoms with Crippen molar-refractivity contribution < 1.29 is 9.85 Å². The van der Waals surface area contributed by atoms with Gasteiger partial charge in [0, 0.05) is 29.5 Å². The highest BCUT2D eigenvalue weighted by Crippen LogP contribution is 2.21. The van der Waals surface area contributed by atoms with Crippen LogP contribution in [0.25, 0.3) is 0 Å². The maximum Gasteiger partial charge on any atom is 0.313 e. The van der Waals surface area contributed by atoms with Crippen LogP contribution < -0.4 is 5.43 Å². The van der Waals surface area contributed by atoms with Crippen molar-refractivity contribution in [1.82, 2.24) is 4.98 Å². The lowest BCUT2D eigenvalue weighted by Gasteiger charge is -2.02. The van der Waals surface area contributed by atoms with Gasteiger partial charge in [0.2, 0.25) is 5.82 Å². The van der Waals surface area contributed by atoms with E-state index in [-0.39, 0.29) is 17.2 Å². The summed E-state index contributed by atoms with van der Waals surface area (Å²) in [5.41, 5.74) is 3.29. The fraction of sp³-hybridized carbons (Fsp3) is 0.0769. The summed E-state index contributed by atoms with van der Waals surface area (Å²) in [5, 5.41) is 25.4. The molecule has 2 aromatic rings. The molecule has 0 aliphatic carbocycles. The van der Waals surface area contributed by atoms with Gasteiger partial charge in [0.25, 0.3) is 5.69 Å². The molecule has 2 rings (SSSR count). The van der Waals surface area contributed by atoms with E-state index >= 15 is 0 Å². The standard InChI is InChI=1S/C13H11N5O4/c1-9-5-6-12(18(21)22)13(15-9)16-14-8-10-3-2-4-11(7-10)17(19)20/h2-8H,1H3,(H,15,16)/b14-8-. The van der Waals surface area contributed by atoms with Gasteiger partial charge in [0.15, 0.2) is 0 Å². The largest absolute Gasteiger partial charge is 0.313 e. The van der Waals surface area contributed by atoms with Gasteiger partial charge in [-0.05, 0) is 13.0 Å². The first-order valence-corrected chi connectivity index (χ1v) is 6.13. The van der Waals surface area contributed by atoms with E-state index in [0.29, 0.717) is 11.3 Å². The van der Waals surface area contributed by atoms with Crippen molar-refractivity contribution in [2.24, 2.45) is 5.10 Å². The minimum atomic E-state index is -0.572. The van der Waals surface area contributed by atoms with Crippen molar-refractivity contribution in [3.8, 4) is 0 Å². The zero-order valence-electron chi connectivity index (χ0n) is 11.5. The average molecular weight is 301 g/mol. The lowest BCUT2D eigenvalue weighted by molar-refractivity contribution is -0.384. The summed E-state index contributed by atoms with van der Waals surface area (Å²) in [5.74, 6) is 0.00619. The molecule has 1 aromatic carbocycles. The number of aromatic nitrogens is 1. The number of non-ortho nitro benzene ring substituents is 1. The van der Waals surface area contributed by atoms with E-state index in [1.165, 1.54) is 36.5 Å². The summed E-state index contributed by atoms with van der Waals surface area (Å²) >= 11 is 0. The lowest BCUT2D eigenvalue weighted by Crippen LogP contribution is -2.00. The van der Waals surface area contributed by atoms with Gasteiger partial charge < -0.3 is 0 Å². The SMILES string of the molecule is Cc1ccc([N+](=O)[O-])c(N/N=C\c2cccc([N+](=O)[O-])c2)n1. The van der Waals surface area contributed by atoms with Gasteiger partial charge in [-0.2, -0.15) is 5.10 Å². The summed E-state index contributed by atoms with van der Waals surface area (Å²) in [6.45, 7) is 1.69. The van der Waals surface area contributed by atoms with Crippen molar-refractivity contribution in [2.75, 3.05) is 5.43 Å². The highest BCUT2D eigenvalue weighted by molar-refractivity contribution is 5.81. The maximum atomic E-state index is 10.9. The van der Waals surface area contributed by atoms with Crippen LogP contribution in [-0.4, -0.2) is 21.0 Å². The third-order valence-electron chi connectivity index (χ3n) is 2.67. The first-order chi connectivity index (χ1) is 10.5. The summed E-state index contributed by atoms with van der Waals surface area (Å²) in [4.78, 5) is 24.5. The first kappa shape index (κ1) is 15.0. The van der Waals surface area contributed by atoms with E-state index in [1.54, 1.807) is 13.0 Å². The second kappa shape index (κ2) is 6.39. The summed E-state index contributed by atoms with van der Waals surface area (Å²) < 4.78 is 0. The molecule has 0 spiro atoms. The number of hydrogen-bond acceptors (Lipinski definition) is 7. The quantitative estimate of drug-likeness (QED) is 0.514. The zero-order chi connectivity index (χ0) is 16.1. The molecule has 1 N–H and O–H groups in total. The number of anilines is 1. The van der Waals surface area contributed by atoms with Crippen LogP contribution in [0.4, 0.5) is 17.2 Å². The monoisotopic (exact) mass is 301 g/mol. The number of nitrogens with zero attached hydrogens (tertiary/aromatic N) is 4. The second-order valence-corrected chi connectivity index (χ2v) is 4.30. The Bertz CT molecular complexity index is 760. The molecule has 9 heteroatoms. The van der Waals surface area contributed by atoms with Crippen LogP contribution in [-0.2, 0) is 0 Å². The smallest absolute Gasteiger partial charge is 0.258 e. The summed E-state index contributed by atoms with van der Waals surface area (Å²) in [6, 6.07) is 8.69. The second-order valence-electron chi connectivity index (χ2n) is 4.30. The van der Waals surface area contributed by atoms with Crippen LogP contribution in [0.2, 0.25) is 0 Å². The van der Waals surface area contributed by atoms with Crippen LogP contribution >= 0.6 is 0 Å². The van der Waals surface area contributed by atoms with Crippen molar-refractivity contribution >= 4 is 23.4 Å². The highest BCUT2D eigenvalue weighted by Gasteiger charge is 2.14. The first-order valence-electron chi connectivity index (χ1n) is 6.13. The Morgan fingerprint density at radius 3 is 2.64 bits per heavy atom. The van der Waals surface area contributed by atoms with Crippen molar-refractivity contribution in [2.45, 2.75) is 6.92 Å². The zero-order valence-corrected chi connectivity index (χ0v) is 11.5. The third kappa shape index (κ3) is 3.60. The number of nitro groups is 2. The molecule has 0 aliphatic heterocycles. The number of rotatable bonds is 5. The van der Waals surface area contributed by atoms with E-state index in [0.717, 1.165) is 0 Å². The molecule has 0 atom stereocenters. The van der Waals surface area contributed by atoms with Crippen molar-refractivity contribution in [1.29, 1.82) is 0 Å². The molecule has 0 radical (unpaired) electrons. The molecule has 0 fully saturated rings. The van der Waals surface area contributed by atoms with Gasteiger partial charge >= 0.3 is 5.69 Å². The highest BCUT2D eigenvalue weighted by atomic mass is 16.6. The van der Waals surface area contributed by atoms with Crippen LogP contribution in [0.15, 0.2) is 41.5 Å². The number of hydrogen-bond donors (Lipinski definition) is 1. The number of aryl methyl sites for hydroxylation is 1. The fourth-order valence-corrected chi connectivity index (χ4v) is 1.67. The number of nitrogens with one attached hydrogen (secondary N) is 1. The number of hydrazone groups is 1. The Kier molecular flexibility index (Phi) is 4.37. The van der Waals surface area contributed by atoms with Crippen LogP contribution in [0, 0.1) is 27.2 Å². The van der Waals surface area contributed by atoms with Gasteiger partial charge in [0.05, 0.1) is 16.1 Å². The van der Waals surface area contributed by atoms with Gasteiger partial charge in [-0.3, -0.25) is 25.7 Å². The normalized spacial score (nSPS) is 10.6. The van der Waals surface area contributed by atoms with Gasteiger partial charge in [-0.1, -0.05) is 12.1 Å². The minimum absolute atomic E-state index is 0.00619. The van der Waals surface area contributed by atoms with E-state index < -0.39 is 9.85 Å². The van der Waals surface area contributed by atoms with Crippen LogP contribution in [0.5, 0.6) is 0 Å².